The second-order valence-electron chi connectivity index (χ2n) is 5.89. The van der Waals surface area contributed by atoms with Crippen molar-refractivity contribution < 1.29 is 13.7 Å². The first-order chi connectivity index (χ1) is 13.0. The maximum absolute atomic E-state index is 12.9. The van der Waals surface area contributed by atoms with Gasteiger partial charge in [0.2, 0.25) is 17.6 Å². The topological polar surface area (TPSA) is 59.2 Å². The zero-order valence-electron chi connectivity index (χ0n) is 14.6. The van der Waals surface area contributed by atoms with Gasteiger partial charge in [0.15, 0.2) is 0 Å². The Bertz CT molecular complexity index is 900. The SMILES string of the molecule is CN(Cc1nc(-c2ccc(Cl)cc2)no1)C(=O)CSCc1ccc(F)cc1. The fourth-order valence-electron chi connectivity index (χ4n) is 2.27. The molecular formula is C19H17ClFN3O2S. The first kappa shape index (κ1) is 19.4. The molecule has 140 valence electrons. The lowest BCUT2D eigenvalue weighted by Crippen LogP contribution is -2.28. The highest BCUT2D eigenvalue weighted by molar-refractivity contribution is 7.99. The fourth-order valence-corrected chi connectivity index (χ4v) is 3.32. The Hall–Kier alpha value is -2.38. The van der Waals surface area contributed by atoms with Crippen LogP contribution in [-0.4, -0.2) is 33.7 Å². The van der Waals surface area contributed by atoms with Crippen LogP contribution in [0.3, 0.4) is 0 Å². The van der Waals surface area contributed by atoms with Gasteiger partial charge in [0, 0.05) is 23.4 Å². The fraction of sp³-hybridized carbons (Fsp3) is 0.211. The van der Waals surface area contributed by atoms with Gasteiger partial charge in [0.1, 0.15) is 5.82 Å². The van der Waals surface area contributed by atoms with Crippen LogP contribution in [-0.2, 0) is 17.1 Å². The molecule has 0 aliphatic heterocycles. The monoisotopic (exact) mass is 405 g/mol. The summed E-state index contributed by atoms with van der Waals surface area (Å²) in [5, 5.41) is 4.56. The number of hydrogen-bond donors (Lipinski definition) is 0. The molecule has 0 bridgehead atoms. The van der Waals surface area contributed by atoms with Gasteiger partial charge < -0.3 is 9.42 Å². The highest BCUT2D eigenvalue weighted by atomic mass is 35.5. The van der Waals surface area contributed by atoms with E-state index in [9.17, 15) is 9.18 Å². The Morgan fingerprint density at radius 3 is 2.59 bits per heavy atom. The number of thioether (sulfide) groups is 1. The van der Waals surface area contributed by atoms with Crippen LogP contribution in [0.15, 0.2) is 53.1 Å². The summed E-state index contributed by atoms with van der Waals surface area (Å²) in [6, 6.07) is 13.4. The van der Waals surface area contributed by atoms with Gasteiger partial charge in [0.05, 0.1) is 12.3 Å². The van der Waals surface area contributed by atoms with E-state index in [4.69, 9.17) is 16.1 Å². The van der Waals surface area contributed by atoms with Crippen LogP contribution in [0.25, 0.3) is 11.4 Å². The molecule has 0 aliphatic carbocycles. The Labute approximate surface area is 165 Å². The van der Waals surface area contributed by atoms with E-state index in [1.807, 2.05) is 0 Å². The van der Waals surface area contributed by atoms with Crippen LogP contribution in [0.2, 0.25) is 5.02 Å². The minimum absolute atomic E-state index is 0.0478. The Morgan fingerprint density at radius 1 is 1.19 bits per heavy atom. The second-order valence-corrected chi connectivity index (χ2v) is 7.31. The standard InChI is InChI=1S/C19H17ClFN3O2S/c1-24(18(25)12-27-11-13-2-8-16(21)9-3-13)10-17-22-19(23-26-17)14-4-6-15(20)7-5-14/h2-9H,10-12H2,1H3. The zero-order chi connectivity index (χ0) is 19.2. The summed E-state index contributed by atoms with van der Waals surface area (Å²) in [5.74, 6) is 1.45. The highest BCUT2D eigenvalue weighted by Crippen LogP contribution is 2.19. The van der Waals surface area contributed by atoms with Crippen molar-refractivity contribution in [3.8, 4) is 11.4 Å². The van der Waals surface area contributed by atoms with Crippen molar-refractivity contribution in [1.29, 1.82) is 0 Å². The third-order valence-electron chi connectivity index (χ3n) is 3.78. The van der Waals surface area contributed by atoms with Crippen molar-refractivity contribution in [2.75, 3.05) is 12.8 Å². The van der Waals surface area contributed by atoms with Gasteiger partial charge in [-0.25, -0.2) is 4.39 Å². The molecule has 0 unspecified atom stereocenters. The molecule has 0 spiro atoms. The van der Waals surface area contributed by atoms with Gasteiger partial charge in [-0.15, -0.1) is 11.8 Å². The average Bonchev–Trinajstić information content (AvgIpc) is 3.12. The van der Waals surface area contributed by atoms with Crippen molar-refractivity contribution in [2.45, 2.75) is 12.3 Å². The minimum Gasteiger partial charge on any atom is -0.337 e. The summed E-state index contributed by atoms with van der Waals surface area (Å²) in [6.45, 7) is 0.233. The first-order valence-corrected chi connectivity index (χ1v) is 9.69. The van der Waals surface area contributed by atoms with Crippen molar-refractivity contribution in [3.05, 3.63) is 70.8 Å². The first-order valence-electron chi connectivity index (χ1n) is 8.16. The number of carbonyl (C=O) groups excluding carboxylic acids is 1. The van der Waals surface area contributed by atoms with E-state index in [0.717, 1.165) is 11.1 Å². The number of carbonyl (C=O) groups is 1. The lowest BCUT2D eigenvalue weighted by molar-refractivity contribution is -0.127. The van der Waals surface area contributed by atoms with Gasteiger partial charge in [-0.3, -0.25) is 4.79 Å². The van der Waals surface area contributed by atoms with E-state index in [2.05, 4.69) is 10.1 Å². The highest BCUT2D eigenvalue weighted by Gasteiger charge is 2.15. The molecule has 27 heavy (non-hydrogen) atoms. The van der Waals surface area contributed by atoms with Crippen LogP contribution < -0.4 is 0 Å². The molecule has 1 amide bonds. The van der Waals surface area contributed by atoms with Crippen LogP contribution >= 0.6 is 23.4 Å². The number of hydrogen-bond acceptors (Lipinski definition) is 5. The lowest BCUT2D eigenvalue weighted by Gasteiger charge is -2.14. The van der Waals surface area contributed by atoms with Crippen molar-refractivity contribution >= 4 is 29.3 Å². The zero-order valence-corrected chi connectivity index (χ0v) is 16.1. The number of amides is 1. The maximum atomic E-state index is 12.9. The van der Waals surface area contributed by atoms with E-state index < -0.39 is 0 Å². The number of benzene rings is 2. The Kier molecular flexibility index (Phi) is 6.47. The van der Waals surface area contributed by atoms with Crippen LogP contribution in [0.1, 0.15) is 11.5 Å². The average molecular weight is 406 g/mol. The molecule has 1 heterocycles. The molecule has 5 nitrogen and oxygen atoms in total. The largest absolute Gasteiger partial charge is 0.337 e. The van der Waals surface area contributed by atoms with Gasteiger partial charge in [-0.1, -0.05) is 28.9 Å². The molecule has 0 saturated carbocycles. The molecule has 0 N–H and O–H groups in total. The summed E-state index contributed by atoms with van der Waals surface area (Å²) in [5.41, 5.74) is 1.76. The van der Waals surface area contributed by atoms with E-state index in [-0.39, 0.29) is 18.3 Å². The molecule has 3 rings (SSSR count). The van der Waals surface area contributed by atoms with Gasteiger partial charge in [-0.05, 0) is 42.0 Å². The summed E-state index contributed by atoms with van der Waals surface area (Å²) in [7, 11) is 1.69. The third kappa shape index (κ3) is 5.55. The molecule has 0 atom stereocenters. The molecule has 1 aromatic heterocycles. The van der Waals surface area contributed by atoms with Crippen molar-refractivity contribution in [1.82, 2.24) is 15.0 Å². The molecule has 0 aliphatic rings. The maximum Gasteiger partial charge on any atom is 0.246 e. The minimum atomic E-state index is -0.267. The summed E-state index contributed by atoms with van der Waals surface area (Å²) in [4.78, 5) is 18.1. The number of halogens is 2. The van der Waals surface area contributed by atoms with Crippen LogP contribution in [0, 0.1) is 5.82 Å². The third-order valence-corrected chi connectivity index (χ3v) is 5.02. The molecule has 2 aromatic carbocycles. The van der Waals surface area contributed by atoms with Crippen LogP contribution in [0.5, 0.6) is 0 Å². The number of aromatic nitrogens is 2. The van der Waals surface area contributed by atoms with E-state index in [1.165, 1.54) is 28.8 Å². The van der Waals surface area contributed by atoms with Crippen molar-refractivity contribution in [2.24, 2.45) is 0 Å². The van der Waals surface area contributed by atoms with Gasteiger partial charge >= 0.3 is 0 Å². The normalized spacial score (nSPS) is 10.8. The molecule has 0 radical (unpaired) electrons. The predicted octanol–water partition coefficient (Wildman–Crippen LogP) is 4.42. The molecule has 3 aromatic rings. The quantitative estimate of drug-likeness (QED) is 0.582. The molecule has 0 saturated heterocycles. The van der Waals surface area contributed by atoms with E-state index >= 15 is 0 Å². The molecular weight excluding hydrogens is 389 g/mol. The van der Waals surface area contributed by atoms with Gasteiger partial charge in [0.25, 0.3) is 0 Å². The Morgan fingerprint density at radius 2 is 1.89 bits per heavy atom. The second kappa shape index (κ2) is 9.01. The summed E-state index contributed by atoms with van der Waals surface area (Å²) < 4.78 is 18.1. The molecule has 0 fully saturated rings. The number of nitrogens with zero attached hydrogens (tertiary/aromatic N) is 3. The summed E-state index contributed by atoms with van der Waals surface area (Å²) >= 11 is 7.34. The Balaban J connectivity index is 1.49. The van der Waals surface area contributed by atoms with Gasteiger partial charge in [-0.2, -0.15) is 4.98 Å². The van der Waals surface area contributed by atoms with Crippen molar-refractivity contribution in [3.63, 3.8) is 0 Å². The predicted molar refractivity (Wildman–Crippen MR) is 104 cm³/mol. The van der Waals surface area contributed by atoms with Crippen LogP contribution in [0.4, 0.5) is 4.39 Å². The van der Waals surface area contributed by atoms with E-state index in [0.29, 0.717) is 28.2 Å². The molecule has 8 heteroatoms. The summed E-state index contributed by atoms with van der Waals surface area (Å²) in [6.07, 6.45) is 0. The van der Waals surface area contributed by atoms with E-state index in [1.54, 1.807) is 43.4 Å². The lowest BCUT2D eigenvalue weighted by atomic mass is 10.2. The number of rotatable bonds is 7. The smallest absolute Gasteiger partial charge is 0.246 e.